The Morgan fingerprint density at radius 3 is 2.72 bits per heavy atom. The van der Waals surface area contributed by atoms with Crippen LogP contribution in [0.2, 0.25) is 0 Å². The van der Waals surface area contributed by atoms with Crippen LogP contribution in [0.25, 0.3) is 0 Å². The number of urea groups is 1. The predicted octanol–water partition coefficient (Wildman–Crippen LogP) is 3.78. The number of hydrogen-bond donors (Lipinski definition) is 2. The normalized spacial score (nSPS) is 19.6. The maximum absolute atomic E-state index is 10.9. The zero-order valence-electron chi connectivity index (χ0n) is 14.1. The molecule has 1 aliphatic rings. The van der Waals surface area contributed by atoms with Gasteiger partial charge in [0.25, 0.3) is 0 Å². The molecule has 2 amide bonds. The summed E-state index contributed by atoms with van der Waals surface area (Å²) in [5.41, 5.74) is 7.22. The van der Waals surface area contributed by atoms with E-state index in [4.69, 9.17) is 15.2 Å². The summed E-state index contributed by atoms with van der Waals surface area (Å²) in [6, 6.07) is 14.8. The molecule has 0 saturated carbocycles. The Hall–Kier alpha value is -2.57. The number of carbonyl (C=O) groups excluding carboxylic acids is 1. The molecule has 3 N–H and O–H groups in total. The van der Waals surface area contributed by atoms with Gasteiger partial charge in [-0.3, -0.25) is 5.21 Å². The Kier molecular flexibility index (Phi) is 5.21. The van der Waals surface area contributed by atoms with Crippen LogP contribution in [0.3, 0.4) is 0 Å². The highest BCUT2D eigenvalue weighted by molar-refractivity contribution is 5.70. The quantitative estimate of drug-likeness (QED) is 0.640. The lowest BCUT2D eigenvalue weighted by atomic mass is 10.1. The van der Waals surface area contributed by atoms with Gasteiger partial charge in [-0.05, 0) is 49.6 Å². The summed E-state index contributed by atoms with van der Waals surface area (Å²) >= 11 is 0. The molecule has 1 aliphatic heterocycles. The molecule has 1 saturated heterocycles. The number of aryl methyl sites for hydroxylation is 1. The van der Waals surface area contributed by atoms with Gasteiger partial charge >= 0.3 is 6.03 Å². The van der Waals surface area contributed by atoms with Crippen molar-refractivity contribution in [3.8, 4) is 11.5 Å². The monoisotopic (exact) mass is 342 g/mol. The number of rotatable bonds is 5. The number of hydroxylamine groups is 2. The number of ether oxygens (including phenoxy) is 2. The van der Waals surface area contributed by atoms with Crippen molar-refractivity contribution in [2.75, 3.05) is 6.54 Å². The van der Waals surface area contributed by atoms with Crippen LogP contribution in [0.4, 0.5) is 4.79 Å². The first kappa shape index (κ1) is 17.3. The summed E-state index contributed by atoms with van der Waals surface area (Å²) < 4.78 is 11.8. The number of primary amides is 1. The average Bonchev–Trinajstić information content (AvgIpc) is 3.06. The lowest BCUT2D eigenvalue weighted by Gasteiger charge is -2.18. The van der Waals surface area contributed by atoms with Gasteiger partial charge in [-0.2, -0.15) is 0 Å². The fourth-order valence-corrected chi connectivity index (χ4v) is 2.89. The van der Waals surface area contributed by atoms with Gasteiger partial charge in [-0.25, -0.2) is 9.86 Å². The molecule has 6 heteroatoms. The van der Waals surface area contributed by atoms with Crippen LogP contribution in [0, 0.1) is 6.92 Å². The summed E-state index contributed by atoms with van der Waals surface area (Å²) in [4.78, 5) is 10.9. The minimum absolute atomic E-state index is 0.0748. The van der Waals surface area contributed by atoms with Gasteiger partial charge in [0.2, 0.25) is 0 Å². The first-order chi connectivity index (χ1) is 12.0. The van der Waals surface area contributed by atoms with Gasteiger partial charge < -0.3 is 15.2 Å². The van der Waals surface area contributed by atoms with Crippen LogP contribution in [-0.4, -0.2) is 29.0 Å². The van der Waals surface area contributed by atoms with Gasteiger partial charge in [0.15, 0.2) is 0 Å². The van der Waals surface area contributed by atoms with Crippen molar-refractivity contribution in [3.63, 3.8) is 0 Å². The summed E-state index contributed by atoms with van der Waals surface area (Å²) in [6.07, 6.45) is 1.24. The fraction of sp³-hybridized carbons (Fsp3) is 0.316. The third-order valence-corrected chi connectivity index (χ3v) is 4.23. The molecule has 0 spiro atoms. The molecule has 0 unspecified atom stereocenters. The first-order valence-corrected chi connectivity index (χ1v) is 8.27. The van der Waals surface area contributed by atoms with E-state index in [1.54, 1.807) is 0 Å². The Morgan fingerprint density at radius 1 is 1.24 bits per heavy atom. The molecule has 6 nitrogen and oxygen atoms in total. The summed E-state index contributed by atoms with van der Waals surface area (Å²) in [6.45, 7) is 2.11. The van der Waals surface area contributed by atoms with Crippen LogP contribution >= 0.6 is 0 Å². The largest absolute Gasteiger partial charge is 0.457 e. The van der Waals surface area contributed by atoms with Gasteiger partial charge in [0, 0.05) is 0 Å². The molecule has 1 fully saturated rings. The van der Waals surface area contributed by atoms with E-state index in [2.05, 4.69) is 0 Å². The Balaban J connectivity index is 1.64. The zero-order valence-corrected chi connectivity index (χ0v) is 14.1. The van der Waals surface area contributed by atoms with Crippen molar-refractivity contribution >= 4 is 6.03 Å². The zero-order chi connectivity index (χ0) is 17.8. The second kappa shape index (κ2) is 7.55. The minimum Gasteiger partial charge on any atom is -0.457 e. The van der Waals surface area contributed by atoms with E-state index < -0.39 is 6.03 Å². The molecule has 2 aromatic rings. The topological polar surface area (TPSA) is 85.0 Å². The van der Waals surface area contributed by atoms with Crippen molar-refractivity contribution in [1.29, 1.82) is 0 Å². The van der Waals surface area contributed by atoms with Crippen LogP contribution < -0.4 is 10.5 Å². The van der Waals surface area contributed by atoms with Crippen molar-refractivity contribution < 1.29 is 19.5 Å². The Labute approximate surface area is 146 Å². The van der Waals surface area contributed by atoms with Crippen LogP contribution in [0.1, 0.15) is 30.1 Å². The maximum atomic E-state index is 10.9. The van der Waals surface area contributed by atoms with Crippen molar-refractivity contribution in [3.05, 3.63) is 59.7 Å². The van der Waals surface area contributed by atoms with Crippen LogP contribution in [0.15, 0.2) is 48.5 Å². The lowest BCUT2D eigenvalue weighted by molar-refractivity contribution is -0.0788. The van der Waals surface area contributed by atoms with E-state index in [0.29, 0.717) is 5.06 Å². The molecule has 3 rings (SSSR count). The van der Waals surface area contributed by atoms with E-state index in [1.807, 2.05) is 55.5 Å². The second-order valence-corrected chi connectivity index (χ2v) is 6.23. The molecular weight excluding hydrogens is 320 g/mol. The van der Waals surface area contributed by atoms with E-state index in [9.17, 15) is 10.0 Å². The fourth-order valence-electron chi connectivity index (χ4n) is 2.89. The highest BCUT2D eigenvalue weighted by Gasteiger charge is 2.28. The van der Waals surface area contributed by atoms with Gasteiger partial charge in [0.05, 0.1) is 18.8 Å². The second-order valence-electron chi connectivity index (χ2n) is 6.23. The van der Waals surface area contributed by atoms with E-state index in [1.165, 1.54) is 5.56 Å². The van der Waals surface area contributed by atoms with Gasteiger partial charge in [0.1, 0.15) is 11.5 Å². The lowest BCUT2D eigenvalue weighted by Crippen LogP contribution is -2.38. The summed E-state index contributed by atoms with van der Waals surface area (Å²) in [5.74, 6) is 1.53. The van der Waals surface area contributed by atoms with E-state index >= 15 is 0 Å². The van der Waals surface area contributed by atoms with Gasteiger partial charge in [-0.1, -0.05) is 29.8 Å². The number of carbonyl (C=O) groups is 1. The first-order valence-electron chi connectivity index (χ1n) is 8.27. The van der Waals surface area contributed by atoms with Crippen molar-refractivity contribution in [2.24, 2.45) is 5.73 Å². The van der Waals surface area contributed by atoms with Crippen molar-refractivity contribution in [2.45, 2.75) is 32.0 Å². The van der Waals surface area contributed by atoms with Crippen LogP contribution in [0.5, 0.6) is 11.5 Å². The molecule has 1 heterocycles. The van der Waals surface area contributed by atoms with Gasteiger partial charge in [-0.15, -0.1) is 0 Å². The summed E-state index contributed by atoms with van der Waals surface area (Å²) in [7, 11) is 0. The highest BCUT2D eigenvalue weighted by atomic mass is 16.5. The molecule has 132 valence electrons. The average molecular weight is 342 g/mol. The molecule has 2 aromatic carbocycles. The molecule has 0 aromatic heterocycles. The molecule has 25 heavy (non-hydrogen) atoms. The SMILES string of the molecule is Cc1ccc(Oc2cccc([C@H]3CC[C@H](CN(O)C(N)=O)O3)c2)cc1. The molecule has 0 bridgehead atoms. The minimum atomic E-state index is -0.874. The number of nitrogens with two attached hydrogens (primary N) is 1. The van der Waals surface area contributed by atoms with E-state index in [0.717, 1.165) is 29.9 Å². The number of amides is 2. The number of hydrogen-bond acceptors (Lipinski definition) is 4. The number of nitrogens with zero attached hydrogens (tertiary/aromatic N) is 1. The molecule has 0 radical (unpaired) electrons. The molecule has 2 atom stereocenters. The smallest absolute Gasteiger partial charge is 0.338 e. The third kappa shape index (κ3) is 4.49. The van der Waals surface area contributed by atoms with E-state index in [-0.39, 0.29) is 18.8 Å². The molecular formula is C19H22N2O4. The Bertz CT molecular complexity index is 732. The summed E-state index contributed by atoms with van der Waals surface area (Å²) in [5, 5.41) is 9.92. The maximum Gasteiger partial charge on any atom is 0.338 e. The van der Waals surface area contributed by atoms with Crippen LogP contribution in [-0.2, 0) is 4.74 Å². The standard InChI is InChI=1S/C19H22N2O4/c1-13-5-7-15(8-6-13)24-16-4-2-3-14(11-16)18-10-9-17(25-18)12-21(23)19(20)22/h2-8,11,17-18,23H,9-10,12H2,1H3,(H2,20,22)/t17-,18-/m1/s1. The molecule has 0 aliphatic carbocycles. The Morgan fingerprint density at radius 2 is 2.00 bits per heavy atom. The predicted molar refractivity (Wildman–Crippen MR) is 92.6 cm³/mol. The third-order valence-electron chi connectivity index (χ3n) is 4.23. The highest BCUT2D eigenvalue weighted by Crippen LogP contribution is 2.35. The van der Waals surface area contributed by atoms with Crippen molar-refractivity contribution in [1.82, 2.24) is 5.06 Å². The number of benzene rings is 2.